The molecule has 0 radical (unpaired) electrons. The number of carbonyl (C=O) groups excluding carboxylic acids is 1. The fourth-order valence-corrected chi connectivity index (χ4v) is 6.94. The van der Waals surface area contributed by atoms with Crippen molar-refractivity contribution < 1.29 is 14.3 Å². The van der Waals surface area contributed by atoms with Crippen LogP contribution in [0.3, 0.4) is 0 Å². The Bertz CT molecular complexity index is 1520. The van der Waals surface area contributed by atoms with E-state index >= 15 is 0 Å². The lowest BCUT2D eigenvalue weighted by atomic mass is 9.79. The SMILES string of the molecule is Cn1ccc2cc(C3CCC(CN(C(=O)C4CCC(O)CC4)c4cccc(-c5coc(C6CC6)n5)c4)CC3)ncc21. The number of oxazole rings is 1. The molecule has 3 aliphatic carbocycles. The summed E-state index contributed by atoms with van der Waals surface area (Å²) in [6.07, 6.45) is 15.2. The van der Waals surface area contributed by atoms with Gasteiger partial charge in [-0.1, -0.05) is 12.1 Å². The monoisotopic (exact) mass is 552 g/mol. The van der Waals surface area contributed by atoms with Crippen LogP contribution in [0.15, 0.2) is 59.5 Å². The second-order valence-corrected chi connectivity index (χ2v) is 12.7. The molecule has 7 heteroatoms. The second-order valence-electron chi connectivity index (χ2n) is 12.7. The molecule has 4 aromatic rings. The smallest absolute Gasteiger partial charge is 0.230 e. The number of aliphatic hydroxyl groups is 1. The summed E-state index contributed by atoms with van der Waals surface area (Å²) in [5.41, 5.74) is 5.13. The van der Waals surface area contributed by atoms with Crippen molar-refractivity contribution >= 4 is 22.5 Å². The highest BCUT2D eigenvalue weighted by Crippen LogP contribution is 2.41. The molecule has 3 aromatic heterocycles. The summed E-state index contributed by atoms with van der Waals surface area (Å²) in [6, 6.07) is 12.7. The number of aromatic nitrogens is 3. The van der Waals surface area contributed by atoms with Crippen molar-refractivity contribution in [3.05, 3.63) is 66.6 Å². The van der Waals surface area contributed by atoms with Crippen LogP contribution >= 0.6 is 0 Å². The van der Waals surface area contributed by atoms with Crippen molar-refractivity contribution in [3.8, 4) is 11.3 Å². The Hall–Kier alpha value is -3.45. The number of rotatable bonds is 7. The van der Waals surface area contributed by atoms with Crippen molar-refractivity contribution in [2.45, 2.75) is 82.1 Å². The number of hydrogen-bond acceptors (Lipinski definition) is 5. The van der Waals surface area contributed by atoms with E-state index in [4.69, 9.17) is 14.4 Å². The van der Waals surface area contributed by atoms with Crippen LogP contribution < -0.4 is 4.90 Å². The minimum absolute atomic E-state index is 0.0336. The Morgan fingerprint density at radius 2 is 1.78 bits per heavy atom. The first-order valence-corrected chi connectivity index (χ1v) is 15.5. The van der Waals surface area contributed by atoms with Crippen molar-refractivity contribution in [2.24, 2.45) is 18.9 Å². The number of benzene rings is 1. The van der Waals surface area contributed by atoms with Crippen LogP contribution in [0, 0.1) is 11.8 Å². The number of aryl methyl sites for hydroxylation is 1. The zero-order chi connectivity index (χ0) is 27.9. The maximum atomic E-state index is 14.0. The molecule has 1 amide bonds. The van der Waals surface area contributed by atoms with E-state index in [2.05, 4.69) is 48.1 Å². The van der Waals surface area contributed by atoms with Gasteiger partial charge in [0.1, 0.15) is 12.0 Å². The van der Waals surface area contributed by atoms with Gasteiger partial charge in [-0.05, 0) is 94.4 Å². The van der Waals surface area contributed by atoms with Crippen LogP contribution in [0.25, 0.3) is 22.2 Å². The van der Waals surface area contributed by atoms with Crippen LogP contribution in [-0.4, -0.2) is 38.2 Å². The molecule has 3 aliphatic rings. The summed E-state index contributed by atoms with van der Waals surface area (Å²) in [7, 11) is 2.06. The van der Waals surface area contributed by atoms with E-state index in [0.29, 0.717) is 30.6 Å². The predicted molar refractivity (Wildman–Crippen MR) is 160 cm³/mol. The topological polar surface area (TPSA) is 84.4 Å². The summed E-state index contributed by atoms with van der Waals surface area (Å²) in [5, 5.41) is 11.3. The minimum Gasteiger partial charge on any atom is -0.448 e. The number of aliphatic hydroxyl groups excluding tert-OH is 1. The molecule has 0 saturated heterocycles. The largest absolute Gasteiger partial charge is 0.448 e. The Kier molecular flexibility index (Phi) is 7.15. The van der Waals surface area contributed by atoms with Crippen molar-refractivity contribution in [3.63, 3.8) is 0 Å². The maximum Gasteiger partial charge on any atom is 0.230 e. The van der Waals surface area contributed by atoms with E-state index in [-0.39, 0.29) is 17.9 Å². The molecule has 3 saturated carbocycles. The first-order chi connectivity index (χ1) is 20.0. The highest BCUT2D eigenvalue weighted by molar-refractivity contribution is 5.95. The van der Waals surface area contributed by atoms with E-state index in [1.54, 1.807) is 6.26 Å². The molecule has 3 fully saturated rings. The Morgan fingerprint density at radius 1 is 1.00 bits per heavy atom. The fourth-order valence-electron chi connectivity index (χ4n) is 6.94. The third-order valence-corrected chi connectivity index (χ3v) is 9.71. The number of amides is 1. The lowest BCUT2D eigenvalue weighted by Crippen LogP contribution is -2.41. The van der Waals surface area contributed by atoms with Gasteiger partial charge in [0.05, 0.1) is 17.8 Å². The number of fused-ring (bicyclic) bond motifs is 1. The highest BCUT2D eigenvalue weighted by atomic mass is 16.3. The molecule has 0 spiro atoms. The van der Waals surface area contributed by atoms with Gasteiger partial charge in [-0.3, -0.25) is 9.78 Å². The summed E-state index contributed by atoms with van der Waals surface area (Å²) in [5.74, 6) is 2.38. The molecule has 7 rings (SSSR count). The Labute approximate surface area is 241 Å². The normalized spacial score (nSPS) is 24.9. The van der Waals surface area contributed by atoms with E-state index in [0.717, 1.165) is 80.7 Å². The van der Waals surface area contributed by atoms with Crippen LogP contribution in [0.5, 0.6) is 0 Å². The van der Waals surface area contributed by atoms with E-state index < -0.39 is 0 Å². The number of nitrogens with zero attached hydrogens (tertiary/aromatic N) is 4. The number of pyridine rings is 1. The Balaban J connectivity index is 1.09. The molecule has 3 heterocycles. The molecular weight excluding hydrogens is 512 g/mol. The first kappa shape index (κ1) is 26.4. The molecule has 1 aromatic carbocycles. The quantitative estimate of drug-likeness (QED) is 0.268. The van der Waals surface area contributed by atoms with Crippen LogP contribution in [0.1, 0.15) is 87.6 Å². The molecule has 7 nitrogen and oxygen atoms in total. The third kappa shape index (κ3) is 5.56. The fraction of sp³-hybridized carbons (Fsp3) is 0.500. The van der Waals surface area contributed by atoms with E-state index in [1.165, 1.54) is 16.6 Å². The van der Waals surface area contributed by atoms with Gasteiger partial charge in [0.25, 0.3) is 0 Å². The number of carbonyl (C=O) groups is 1. The molecule has 41 heavy (non-hydrogen) atoms. The first-order valence-electron chi connectivity index (χ1n) is 15.5. The van der Waals surface area contributed by atoms with Gasteiger partial charge >= 0.3 is 0 Å². The maximum absolute atomic E-state index is 14.0. The average molecular weight is 553 g/mol. The average Bonchev–Trinajstić information content (AvgIpc) is 3.62. The second kappa shape index (κ2) is 11.1. The molecule has 0 atom stereocenters. The van der Waals surface area contributed by atoms with Crippen LogP contribution in [0.2, 0.25) is 0 Å². The standard InChI is InChI=1S/C34H40N4O3/c1-37-16-15-27-18-30(35-19-32(27)37)23-7-5-22(6-8-23)20-38(34(40)25-11-13-29(39)14-12-25)28-4-2-3-26(17-28)31-21-41-33(36-31)24-9-10-24/h2-4,15-19,21-25,29,39H,5-14,20H2,1H3. The lowest BCUT2D eigenvalue weighted by Gasteiger charge is -2.35. The molecule has 0 unspecified atom stereocenters. The van der Waals surface area contributed by atoms with Gasteiger partial charge in [0.2, 0.25) is 5.91 Å². The number of anilines is 1. The van der Waals surface area contributed by atoms with Crippen molar-refractivity contribution in [1.82, 2.24) is 14.5 Å². The molecular formula is C34H40N4O3. The Morgan fingerprint density at radius 3 is 2.56 bits per heavy atom. The van der Waals surface area contributed by atoms with Crippen LogP contribution in [0.4, 0.5) is 5.69 Å². The van der Waals surface area contributed by atoms with E-state index in [1.807, 2.05) is 17.2 Å². The van der Waals surface area contributed by atoms with Gasteiger partial charge in [-0.2, -0.15) is 0 Å². The summed E-state index contributed by atoms with van der Waals surface area (Å²) < 4.78 is 7.88. The summed E-state index contributed by atoms with van der Waals surface area (Å²) in [4.78, 5) is 25.7. The van der Waals surface area contributed by atoms with Gasteiger partial charge in [-0.15, -0.1) is 0 Å². The predicted octanol–water partition coefficient (Wildman–Crippen LogP) is 6.96. The highest BCUT2D eigenvalue weighted by Gasteiger charge is 2.33. The van der Waals surface area contributed by atoms with Crippen molar-refractivity contribution in [1.29, 1.82) is 0 Å². The van der Waals surface area contributed by atoms with Crippen molar-refractivity contribution in [2.75, 3.05) is 11.4 Å². The number of hydrogen-bond donors (Lipinski definition) is 1. The van der Waals surface area contributed by atoms with Gasteiger partial charge in [-0.25, -0.2) is 4.98 Å². The zero-order valence-electron chi connectivity index (χ0n) is 23.9. The lowest BCUT2D eigenvalue weighted by molar-refractivity contribution is -0.124. The van der Waals surface area contributed by atoms with Crippen LogP contribution in [-0.2, 0) is 11.8 Å². The summed E-state index contributed by atoms with van der Waals surface area (Å²) >= 11 is 0. The molecule has 0 bridgehead atoms. The summed E-state index contributed by atoms with van der Waals surface area (Å²) in [6.45, 7) is 0.728. The molecule has 1 N–H and O–H groups in total. The van der Waals surface area contributed by atoms with Gasteiger partial charge in [0, 0.05) is 59.9 Å². The molecule has 0 aliphatic heterocycles. The molecule has 214 valence electrons. The zero-order valence-corrected chi connectivity index (χ0v) is 23.9. The van der Waals surface area contributed by atoms with E-state index in [9.17, 15) is 9.90 Å². The van der Waals surface area contributed by atoms with Gasteiger partial charge < -0.3 is 19.0 Å². The minimum atomic E-state index is -0.275. The third-order valence-electron chi connectivity index (χ3n) is 9.71. The van der Waals surface area contributed by atoms with Gasteiger partial charge in [0.15, 0.2) is 5.89 Å².